The molecule has 1 unspecified atom stereocenters. The molecule has 27 heavy (non-hydrogen) atoms. The molecule has 0 bridgehead atoms. The molecule has 6 nitrogen and oxygen atoms in total. The predicted molar refractivity (Wildman–Crippen MR) is 102 cm³/mol. The normalized spacial score (nSPS) is 28.1. The number of carbonyl (C=O) groups is 1. The molecule has 1 aromatic carbocycles. The Bertz CT molecular complexity index is 655. The van der Waals surface area contributed by atoms with Gasteiger partial charge in [0.05, 0.1) is 19.3 Å². The fraction of sp³-hybridized carbons (Fsp3) is 0.667. The largest absolute Gasteiger partial charge is 0.508 e. The smallest absolute Gasteiger partial charge is 0.253 e. The number of aliphatic hydroxyl groups excluding tert-OH is 1. The number of aliphatic hydroxyl groups is 1. The van der Waals surface area contributed by atoms with Crippen LogP contribution in [-0.4, -0.2) is 77.5 Å². The second kappa shape index (κ2) is 7.78. The van der Waals surface area contributed by atoms with Crippen molar-refractivity contribution in [2.24, 2.45) is 5.41 Å². The minimum Gasteiger partial charge on any atom is -0.508 e. The molecule has 3 heterocycles. The molecule has 0 aromatic heterocycles. The Morgan fingerprint density at radius 2 is 1.93 bits per heavy atom. The van der Waals surface area contributed by atoms with Gasteiger partial charge >= 0.3 is 0 Å². The fourth-order valence-corrected chi connectivity index (χ4v) is 4.94. The monoisotopic (exact) mass is 374 g/mol. The van der Waals surface area contributed by atoms with Gasteiger partial charge < -0.3 is 19.8 Å². The van der Waals surface area contributed by atoms with Crippen molar-refractivity contribution in [3.63, 3.8) is 0 Å². The number of amides is 1. The van der Waals surface area contributed by atoms with Crippen LogP contribution in [0, 0.1) is 5.41 Å². The van der Waals surface area contributed by atoms with E-state index in [9.17, 15) is 15.0 Å². The molecule has 3 aliphatic heterocycles. The summed E-state index contributed by atoms with van der Waals surface area (Å²) in [7, 11) is 0. The molecule has 3 aliphatic rings. The lowest BCUT2D eigenvalue weighted by molar-refractivity contribution is 0.0401. The van der Waals surface area contributed by atoms with Crippen LogP contribution in [0.5, 0.6) is 5.75 Å². The third-order valence-corrected chi connectivity index (χ3v) is 6.66. The Hall–Kier alpha value is -1.63. The van der Waals surface area contributed by atoms with Crippen LogP contribution in [0.1, 0.15) is 42.5 Å². The maximum atomic E-state index is 12.7. The first-order chi connectivity index (χ1) is 13.1. The average molecular weight is 374 g/mol. The Kier molecular flexibility index (Phi) is 5.39. The Morgan fingerprint density at radius 1 is 1.19 bits per heavy atom. The van der Waals surface area contributed by atoms with Crippen molar-refractivity contribution < 1.29 is 19.7 Å². The molecule has 0 saturated carbocycles. The van der Waals surface area contributed by atoms with Crippen molar-refractivity contribution in [2.75, 3.05) is 39.4 Å². The van der Waals surface area contributed by atoms with E-state index in [0.717, 1.165) is 64.9 Å². The number of piperidine rings is 1. The summed E-state index contributed by atoms with van der Waals surface area (Å²) in [5.74, 6) is 0.225. The summed E-state index contributed by atoms with van der Waals surface area (Å²) in [6.07, 6.45) is 5.52. The molecular formula is C21H30N2O4. The molecule has 1 spiro atoms. The van der Waals surface area contributed by atoms with Crippen molar-refractivity contribution >= 4 is 5.91 Å². The Labute approximate surface area is 160 Å². The molecule has 0 aliphatic carbocycles. The number of carbonyl (C=O) groups excluding carboxylic acids is 1. The predicted octanol–water partition coefficient (Wildman–Crippen LogP) is 1.86. The maximum absolute atomic E-state index is 12.7. The summed E-state index contributed by atoms with van der Waals surface area (Å²) in [5.41, 5.74) is 0.832. The number of rotatable bonds is 4. The van der Waals surface area contributed by atoms with E-state index in [1.54, 1.807) is 24.3 Å². The van der Waals surface area contributed by atoms with Crippen LogP contribution in [-0.2, 0) is 4.74 Å². The first-order valence-electron chi connectivity index (χ1n) is 10.1. The van der Waals surface area contributed by atoms with Crippen molar-refractivity contribution in [1.29, 1.82) is 0 Å². The minimum atomic E-state index is 0.0446. The molecule has 3 saturated heterocycles. The number of benzene rings is 1. The van der Waals surface area contributed by atoms with Crippen LogP contribution in [0.3, 0.4) is 0 Å². The van der Waals surface area contributed by atoms with Crippen molar-refractivity contribution in [3.05, 3.63) is 29.8 Å². The average Bonchev–Trinajstić information content (AvgIpc) is 3.30. The number of nitrogens with zero attached hydrogens (tertiary/aromatic N) is 2. The lowest BCUT2D eigenvalue weighted by Gasteiger charge is -2.38. The van der Waals surface area contributed by atoms with Gasteiger partial charge in [0.1, 0.15) is 5.75 Å². The second-order valence-corrected chi connectivity index (χ2v) is 8.45. The number of phenolic OH excluding ortho intramolecular Hbond substituents is 1. The van der Waals surface area contributed by atoms with Crippen molar-refractivity contribution in [1.82, 2.24) is 9.80 Å². The topological polar surface area (TPSA) is 73.2 Å². The van der Waals surface area contributed by atoms with Crippen LogP contribution < -0.4 is 0 Å². The molecule has 1 amide bonds. The fourth-order valence-electron chi connectivity index (χ4n) is 4.94. The van der Waals surface area contributed by atoms with Gasteiger partial charge in [0.2, 0.25) is 0 Å². The van der Waals surface area contributed by atoms with Crippen molar-refractivity contribution in [3.8, 4) is 5.75 Å². The number of likely N-dealkylation sites (tertiary alicyclic amines) is 2. The summed E-state index contributed by atoms with van der Waals surface area (Å²) in [6.45, 7) is 4.54. The third-order valence-electron chi connectivity index (χ3n) is 6.66. The zero-order valence-corrected chi connectivity index (χ0v) is 15.8. The SMILES string of the molecule is O=C(c1ccc(O)cc1)N1CCC2(CC1)COC(CN1CCC[C@H]1CO)C2. The number of hydrogen-bond donors (Lipinski definition) is 2. The van der Waals surface area contributed by atoms with Crippen LogP contribution in [0.25, 0.3) is 0 Å². The molecular weight excluding hydrogens is 344 g/mol. The zero-order chi connectivity index (χ0) is 18.9. The standard InChI is InChI=1S/C21H30N2O4/c24-14-17-2-1-9-23(17)13-19-12-21(15-27-19)7-10-22(11-8-21)20(26)16-3-5-18(25)6-4-16/h3-6,17,19,24-25H,1-2,7-15H2/t17-,19?/m0/s1. The lowest BCUT2D eigenvalue weighted by Crippen LogP contribution is -2.44. The molecule has 0 radical (unpaired) electrons. The molecule has 4 rings (SSSR count). The zero-order valence-electron chi connectivity index (χ0n) is 15.8. The van der Waals surface area contributed by atoms with E-state index in [4.69, 9.17) is 4.74 Å². The molecule has 2 atom stereocenters. The van der Waals surface area contributed by atoms with Gasteiger partial charge in [-0.1, -0.05) is 0 Å². The lowest BCUT2D eigenvalue weighted by atomic mass is 9.76. The number of phenols is 1. The maximum Gasteiger partial charge on any atom is 0.253 e. The highest BCUT2D eigenvalue weighted by atomic mass is 16.5. The highest BCUT2D eigenvalue weighted by Crippen LogP contribution is 2.42. The molecule has 2 N–H and O–H groups in total. The van der Waals surface area contributed by atoms with E-state index in [0.29, 0.717) is 11.6 Å². The van der Waals surface area contributed by atoms with Gasteiger partial charge in [-0.05, 0) is 68.3 Å². The quantitative estimate of drug-likeness (QED) is 0.842. The summed E-state index contributed by atoms with van der Waals surface area (Å²) >= 11 is 0. The van der Waals surface area contributed by atoms with E-state index in [1.807, 2.05) is 4.90 Å². The minimum absolute atomic E-state index is 0.0446. The van der Waals surface area contributed by atoms with Crippen LogP contribution >= 0.6 is 0 Å². The van der Waals surface area contributed by atoms with Gasteiger partial charge in [-0.25, -0.2) is 0 Å². The molecule has 6 heteroatoms. The van der Waals surface area contributed by atoms with E-state index in [-0.39, 0.29) is 29.8 Å². The van der Waals surface area contributed by atoms with Gasteiger partial charge in [0, 0.05) is 31.2 Å². The van der Waals surface area contributed by atoms with Gasteiger partial charge in [-0.3, -0.25) is 9.69 Å². The first kappa shape index (κ1) is 18.7. The van der Waals surface area contributed by atoms with Crippen LogP contribution in [0.4, 0.5) is 0 Å². The number of ether oxygens (including phenoxy) is 1. The number of hydrogen-bond acceptors (Lipinski definition) is 5. The van der Waals surface area contributed by atoms with Gasteiger partial charge in [-0.15, -0.1) is 0 Å². The number of aromatic hydroxyl groups is 1. The van der Waals surface area contributed by atoms with Gasteiger partial charge in [0.15, 0.2) is 0 Å². The van der Waals surface area contributed by atoms with E-state index >= 15 is 0 Å². The van der Waals surface area contributed by atoms with Gasteiger partial charge in [-0.2, -0.15) is 0 Å². The second-order valence-electron chi connectivity index (χ2n) is 8.45. The van der Waals surface area contributed by atoms with Gasteiger partial charge in [0.25, 0.3) is 5.91 Å². The highest BCUT2D eigenvalue weighted by molar-refractivity contribution is 5.94. The van der Waals surface area contributed by atoms with Crippen LogP contribution in [0.15, 0.2) is 24.3 Å². The molecule has 1 aromatic rings. The summed E-state index contributed by atoms with van der Waals surface area (Å²) < 4.78 is 6.14. The van der Waals surface area contributed by atoms with Crippen LogP contribution in [0.2, 0.25) is 0 Å². The molecule has 148 valence electrons. The summed E-state index contributed by atoms with van der Waals surface area (Å²) in [5, 5.41) is 18.9. The molecule has 3 fully saturated rings. The third kappa shape index (κ3) is 3.98. The van der Waals surface area contributed by atoms with E-state index in [1.165, 1.54) is 0 Å². The summed E-state index contributed by atoms with van der Waals surface area (Å²) in [6, 6.07) is 6.79. The van der Waals surface area contributed by atoms with Crippen molar-refractivity contribution in [2.45, 2.75) is 44.2 Å². The summed E-state index contributed by atoms with van der Waals surface area (Å²) in [4.78, 5) is 17.0. The van der Waals surface area contributed by atoms with E-state index in [2.05, 4.69) is 4.90 Å². The highest BCUT2D eigenvalue weighted by Gasteiger charge is 2.44. The Balaban J connectivity index is 1.30. The Morgan fingerprint density at radius 3 is 2.63 bits per heavy atom. The first-order valence-corrected chi connectivity index (χ1v) is 10.1. The van der Waals surface area contributed by atoms with E-state index < -0.39 is 0 Å².